The molecule has 1 rings (SSSR count). The summed E-state index contributed by atoms with van der Waals surface area (Å²) in [6, 6.07) is 9.05. The second-order valence-corrected chi connectivity index (χ2v) is 4.36. The molecule has 2 nitrogen and oxygen atoms in total. The van der Waals surface area contributed by atoms with Gasteiger partial charge in [0.25, 0.3) is 0 Å². The van der Waals surface area contributed by atoms with Crippen molar-refractivity contribution in [1.29, 1.82) is 0 Å². The van der Waals surface area contributed by atoms with E-state index in [1.165, 1.54) is 12.0 Å². The number of likely N-dealkylation sites (N-methyl/N-ethyl adjacent to an activating group) is 1. The van der Waals surface area contributed by atoms with E-state index in [0.29, 0.717) is 12.0 Å². The Labute approximate surface area is 105 Å². The van der Waals surface area contributed by atoms with Crippen LogP contribution in [0, 0.1) is 0 Å². The van der Waals surface area contributed by atoms with Crippen molar-refractivity contribution >= 4 is 0 Å². The van der Waals surface area contributed by atoms with Gasteiger partial charge in [-0.1, -0.05) is 32.9 Å². The van der Waals surface area contributed by atoms with Crippen molar-refractivity contribution in [2.24, 2.45) is 0 Å². The summed E-state index contributed by atoms with van der Waals surface area (Å²) < 4.78 is 5.20. The molecular formula is C15H25NO. The molecule has 0 aliphatic rings. The first-order valence-electron chi connectivity index (χ1n) is 6.64. The minimum Gasteiger partial charge on any atom is -0.497 e. The summed E-state index contributed by atoms with van der Waals surface area (Å²) in [4.78, 5) is 0. The Balaban J connectivity index is 2.83. The van der Waals surface area contributed by atoms with Crippen molar-refractivity contribution in [2.75, 3.05) is 13.7 Å². The first kappa shape index (κ1) is 14.0. The second-order valence-electron chi connectivity index (χ2n) is 4.36. The van der Waals surface area contributed by atoms with Gasteiger partial charge in [0.1, 0.15) is 5.75 Å². The fraction of sp³-hybridized carbons (Fsp3) is 0.600. The van der Waals surface area contributed by atoms with E-state index < -0.39 is 0 Å². The molecule has 2 unspecified atom stereocenters. The number of ether oxygens (including phenoxy) is 1. The van der Waals surface area contributed by atoms with Crippen LogP contribution in [0.2, 0.25) is 0 Å². The molecule has 17 heavy (non-hydrogen) atoms. The van der Waals surface area contributed by atoms with Crippen LogP contribution in [0.4, 0.5) is 0 Å². The van der Waals surface area contributed by atoms with E-state index in [1.54, 1.807) is 7.11 Å². The summed E-state index contributed by atoms with van der Waals surface area (Å²) in [6.45, 7) is 7.71. The fourth-order valence-electron chi connectivity index (χ4n) is 2.44. The molecule has 0 aliphatic heterocycles. The third-order valence-corrected chi connectivity index (χ3v) is 3.38. The van der Waals surface area contributed by atoms with Crippen LogP contribution in [0.1, 0.15) is 45.1 Å². The largest absolute Gasteiger partial charge is 0.497 e. The van der Waals surface area contributed by atoms with Crippen molar-refractivity contribution in [3.63, 3.8) is 0 Å². The van der Waals surface area contributed by atoms with Crippen molar-refractivity contribution in [3.05, 3.63) is 29.8 Å². The lowest BCUT2D eigenvalue weighted by atomic mass is 9.87. The molecule has 1 N–H and O–H groups in total. The molecule has 0 amide bonds. The van der Waals surface area contributed by atoms with E-state index in [1.807, 2.05) is 0 Å². The highest BCUT2D eigenvalue weighted by atomic mass is 16.5. The zero-order chi connectivity index (χ0) is 12.7. The van der Waals surface area contributed by atoms with Gasteiger partial charge in [-0.25, -0.2) is 0 Å². The highest BCUT2D eigenvalue weighted by Crippen LogP contribution is 2.26. The lowest BCUT2D eigenvalue weighted by Gasteiger charge is -2.26. The fourth-order valence-corrected chi connectivity index (χ4v) is 2.44. The van der Waals surface area contributed by atoms with Gasteiger partial charge in [-0.15, -0.1) is 0 Å². The molecule has 0 aliphatic carbocycles. The predicted octanol–water partition coefficient (Wildman–Crippen LogP) is 3.58. The first-order chi connectivity index (χ1) is 8.26. The maximum absolute atomic E-state index is 5.20. The molecule has 96 valence electrons. The smallest absolute Gasteiger partial charge is 0.118 e. The van der Waals surface area contributed by atoms with Crippen LogP contribution in [0.25, 0.3) is 0 Å². The Kier molecular flexibility index (Phi) is 6.06. The first-order valence-corrected chi connectivity index (χ1v) is 6.64. The summed E-state index contributed by atoms with van der Waals surface area (Å²) in [7, 11) is 1.71. The van der Waals surface area contributed by atoms with E-state index in [0.717, 1.165) is 18.7 Å². The normalized spacial score (nSPS) is 14.4. The molecule has 1 aromatic carbocycles. The van der Waals surface area contributed by atoms with Crippen LogP contribution in [0.15, 0.2) is 24.3 Å². The molecule has 2 atom stereocenters. The molecule has 0 saturated carbocycles. The second kappa shape index (κ2) is 7.33. The van der Waals surface area contributed by atoms with Crippen molar-refractivity contribution < 1.29 is 4.74 Å². The third kappa shape index (κ3) is 3.74. The van der Waals surface area contributed by atoms with Gasteiger partial charge >= 0.3 is 0 Å². The van der Waals surface area contributed by atoms with Gasteiger partial charge in [0.05, 0.1) is 7.11 Å². The summed E-state index contributed by atoms with van der Waals surface area (Å²) in [5.74, 6) is 1.52. The van der Waals surface area contributed by atoms with E-state index in [4.69, 9.17) is 4.74 Å². The average Bonchev–Trinajstić information content (AvgIpc) is 2.39. The SMILES string of the molecule is CCNC(CC)C(CC)c1ccc(OC)cc1. The van der Waals surface area contributed by atoms with Crippen molar-refractivity contribution in [1.82, 2.24) is 5.32 Å². The Morgan fingerprint density at radius 2 is 1.71 bits per heavy atom. The molecule has 0 saturated heterocycles. The minimum absolute atomic E-state index is 0.568. The lowest BCUT2D eigenvalue weighted by Crippen LogP contribution is -2.34. The number of benzene rings is 1. The van der Waals surface area contributed by atoms with Crippen LogP contribution < -0.4 is 10.1 Å². The minimum atomic E-state index is 0.568. The number of methoxy groups -OCH3 is 1. The number of nitrogens with one attached hydrogen (secondary N) is 1. The summed E-state index contributed by atoms with van der Waals surface area (Å²) in [5.41, 5.74) is 1.40. The van der Waals surface area contributed by atoms with Gasteiger partial charge in [0.15, 0.2) is 0 Å². The topological polar surface area (TPSA) is 21.3 Å². The molecule has 0 bridgehead atoms. The summed E-state index contributed by atoms with van der Waals surface area (Å²) in [6.07, 6.45) is 2.33. The molecule has 0 spiro atoms. The van der Waals surface area contributed by atoms with Crippen molar-refractivity contribution in [2.45, 2.75) is 45.6 Å². The van der Waals surface area contributed by atoms with E-state index >= 15 is 0 Å². The Bertz CT molecular complexity index is 307. The van der Waals surface area contributed by atoms with Gasteiger partial charge in [-0.05, 0) is 43.0 Å². The van der Waals surface area contributed by atoms with Crippen LogP contribution in [-0.4, -0.2) is 19.7 Å². The predicted molar refractivity (Wildman–Crippen MR) is 73.8 cm³/mol. The average molecular weight is 235 g/mol. The number of hydrogen-bond acceptors (Lipinski definition) is 2. The number of hydrogen-bond donors (Lipinski definition) is 1. The van der Waals surface area contributed by atoms with E-state index in [-0.39, 0.29) is 0 Å². The monoisotopic (exact) mass is 235 g/mol. The van der Waals surface area contributed by atoms with E-state index in [2.05, 4.69) is 50.4 Å². The zero-order valence-corrected chi connectivity index (χ0v) is 11.5. The Hall–Kier alpha value is -1.02. The van der Waals surface area contributed by atoms with Gasteiger partial charge in [0, 0.05) is 6.04 Å². The molecule has 0 aromatic heterocycles. The third-order valence-electron chi connectivity index (χ3n) is 3.38. The van der Waals surface area contributed by atoms with Crippen LogP contribution >= 0.6 is 0 Å². The molecule has 0 radical (unpaired) electrons. The molecule has 2 heteroatoms. The van der Waals surface area contributed by atoms with Gasteiger partial charge in [-0.2, -0.15) is 0 Å². The maximum Gasteiger partial charge on any atom is 0.118 e. The van der Waals surface area contributed by atoms with Gasteiger partial charge < -0.3 is 10.1 Å². The van der Waals surface area contributed by atoms with Gasteiger partial charge in [-0.3, -0.25) is 0 Å². The lowest BCUT2D eigenvalue weighted by molar-refractivity contribution is 0.410. The standard InChI is InChI=1S/C15H25NO/c1-5-14(15(6-2)16-7-3)12-8-10-13(17-4)11-9-12/h8-11,14-16H,5-7H2,1-4H3. The van der Waals surface area contributed by atoms with Crippen LogP contribution in [0.3, 0.4) is 0 Å². The quantitative estimate of drug-likeness (QED) is 0.780. The molecule has 1 aromatic rings. The molecule has 0 fully saturated rings. The molecule has 0 heterocycles. The number of rotatable bonds is 7. The Morgan fingerprint density at radius 3 is 2.12 bits per heavy atom. The molecular weight excluding hydrogens is 210 g/mol. The van der Waals surface area contributed by atoms with Crippen molar-refractivity contribution in [3.8, 4) is 5.75 Å². The highest BCUT2D eigenvalue weighted by molar-refractivity contribution is 5.30. The van der Waals surface area contributed by atoms with Crippen LogP contribution in [0.5, 0.6) is 5.75 Å². The van der Waals surface area contributed by atoms with Gasteiger partial charge in [0.2, 0.25) is 0 Å². The van der Waals surface area contributed by atoms with E-state index in [9.17, 15) is 0 Å². The summed E-state index contributed by atoms with van der Waals surface area (Å²) >= 11 is 0. The summed E-state index contributed by atoms with van der Waals surface area (Å²) in [5, 5.41) is 3.58. The zero-order valence-electron chi connectivity index (χ0n) is 11.5. The maximum atomic E-state index is 5.20. The van der Waals surface area contributed by atoms with Crippen LogP contribution in [-0.2, 0) is 0 Å². The Morgan fingerprint density at radius 1 is 1.06 bits per heavy atom. The highest BCUT2D eigenvalue weighted by Gasteiger charge is 2.18.